The van der Waals surface area contributed by atoms with E-state index in [-0.39, 0.29) is 29.6 Å². The number of carboxylic acid groups (broad SMARTS) is 2. The van der Waals surface area contributed by atoms with Crippen LogP contribution in [0.4, 0.5) is 0 Å². The number of hydrogen-bond acceptors (Lipinski definition) is 42. The maximum Gasteiger partial charge on any atom is 1.00 e. The van der Waals surface area contributed by atoms with Gasteiger partial charge in [0.2, 0.25) is 34.0 Å². The molecule has 107 heavy (non-hydrogen) atoms. The Bertz CT molecular complexity index is 3060. The van der Waals surface area contributed by atoms with Crippen LogP contribution in [-0.4, -0.2) is 423 Å². The number of ether oxygens (including phenoxy) is 14. The number of aliphatic hydroxyl groups is 18. The first kappa shape index (κ1) is 92.3. The van der Waals surface area contributed by atoms with Gasteiger partial charge in [0.15, 0.2) is 31.5 Å². The van der Waals surface area contributed by atoms with E-state index in [1.807, 2.05) is 0 Å². The standard InChI is InChI=1S/C57H94N4O44S.Na/c1-15-32(74)38(80)39(81)51(94-15)101-46-31(61-19(5)69)50(98-27(14-93-106(88,89)90)42(46)99-52-40(82)47(35(77)24(11-64)95-52)104-56(54(84)85)7-20(70)28(58-16(2)66)44(102-56)33(75)22(72)9-62)92-13-26-37(79)43(30(60-18(4)68)49(91-6)97-26)100-53-41(83)48(36(78)25(12-65)96-53)105-57(55(86)87)8-21(71)29(59-17(3)67)45(103-57)34(76)23(73)10-63;/h15,20-53,62-65,70-83H,7-14H2,1-6H3,(H,58,66)(H,59,67)(H,60,68)(H,61,69)(H,84,85)(H,86,87)(H,88,89,90);/q;+1/p-1/t15-,20-,21-,22+,23+,24+,25+,26+,27+,28+,29+,30+,31+,32+,33+,34+,35-,36-,37-,38+,39-,40+,41+,42+,43+,44+,45+,46+,47-,48-,49-,50+,51-,52-,53-,56-,57-;/m0./s1. The SMILES string of the molecule is CO[C@H]1O[C@H](CO[C@@H]2O[C@H](COS(=O)(=O)[O-])[C@@H](O[C@@H]3O[C@H](CO)[C@H](O)[C@H](O[C@]4(C(=O)O)C[C@H](O)[C@@H](NC(C)=O)[C@H]([C@H](O)[C@H](O)CO)O4)[C@H]3O)[C@H](O[C@@H]3O[C@@H](C)[C@@H](O)[C@@H](O)[C@@H]3O)[C@H]2NC(C)=O)[C@H](O)[C@H](O[C@@H]2O[C@H](CO)[C@H](O)[C@H](O[C@]3(C(=O)O)C[C@H](O)[C@@H](NC(C)=O)[C@H]([C@H](O)[C@H](O)CO)O3)[C@H]2O)[C@H]1NC(C)=O.[Na+]. The average molecular weight is 1590 g/mol. The molecule has 37 atom stereocenters. The molecule has 7 saturated heterocycles. The molecule has 7 heterocycles. The van der Waals surface area contributed by atoms with E-state index < -0.39 is 324 Å². The molecule has 7 aliphatic rings. The third-order valence-corrected chi connectivity index (χ3v) is 18.9. The Morgan fingerprint density at radius 1 is 0.477 bits per heavy atom. The normalized spacial score (nSPS) is 43.1. The summed E-state index contributed by atoms with van der Waals surface area (Å²) >= 11 is 0. The molecule has 7 fully saturated rings. The maximum atomic E-state index is 13.5. The Morgan fingerprint density at radius 3 is 1.24 bits per heavy atom. The monoisotopic (exact) mass is 1590 g/mol. The summed E-state index contributed by atoms with van der Waals surface area (Å²) in [5.74, 6) is -14.8. The van der Waals surface area contributed by atoms with E-state index in [0.717, 1.165) is 41.7 Å². The van der Waals surface area contributed by atoms with Crippen LogP contribution in [0.2, 0.25) is 0 Å². The number of carbonyl (C=O) groups excluding carboxylic acids is 4. The van der Waals surface area contributed by atoms with Gasteiger partial charge in [-0.3, -0.25) is 23.4 Å². The van der Waals surface area contributed by atoms with Crippen LogP contribution >= 0.6 is 0 Å². The van der Waals surface area contributed by atoms with E-state index >= 15 is 0 Å². The second-order valence-electron chi connectivity index (χ2n) is 26.1. The summed E-state index contributed by atoms with van der Waals surface area (Å²) in [5, 5.41) is 230. The van der Waals surface area contributed by atoms with Gasteiger partial charge in [-0.1, -0.05) is 0 Å². The molecule has 50 heteroatoms. The van der Waals surface area contributed by atoms with Crippen LogP contribution in [0.15, 0.2) is 0 Å². The van der Waals surface area contributed by atoms with Crippen LogP contribution in [0.5, 0.6) is 0 Å². The van der Waals surface area contributed by atoms with Crippen molar-refractivity contribution in [1.29, 1.82) is 0 Å². The van der Waals surface area contributed by atoms with E-state index in [9.17, 15) is 144 Å². The van der Waals surface area contributed by atoms with Crippen molar-refractivity contribution in [2.45, 2.75) is 273 Å². The molecule has 0 aromatic heterocycles. The largest absolute Gasteiger partial charge is 1.00 e. The quantitative estimate of drug-likeness (QED) is 0.0174. The van der Waals surface area contributed by atoms with Crippen LogP contribution in [0.25, 0.3) is 0 Å². The molecule has 7 rings (SSSR count). The molecule has 0 saturated carbocycles. The maximum absolute atomic E-state index is 13.5. The summed E-state index contributed by atoms with van der Waals surface area (Å²) in [6.07, 6.45) is -71.6. The molecule has 0 aromatic carbocycles. The molecule has 0 spiro atoms. The van der Waals surface area contributed by atoms with Gasteiger partial charge >= 0.3 is 41.5 Å². The Hall–Kier alpha value is -3.59. The fourth-order valence-electron chi connectivity index (χ4n) is 13.2. The van der Waals surface area contributed by atoms with Crippen LogP contribution in [-0.2, 0) is 110 Å². The number of carbonyl (C=O) groups is 6. The van der Waals surface area contributed by atoms with Gasteiger partial charge < -0.3 is 194 Å². The summed E-state index contributed by atoms with van der Waals surface area (Å²) in [6.45, 7) is -2.80. The first-order chi connectivity index (χ1) is 49.5. The number of nitrogens with one attached hydrogen (secondary N) is 4. The minimum Gasteiger partial charge on any atom is -0.726 e. The number of hydrogen-bond donors (Lipinski definition) is 24. The smallest absolute Gasteiger partial charge is 0.726 e. The molecule has 0 unspecified atom stereocenters. The summed E-state index contributed by atoms with van der Waals surface area (Å²) in [5.41, 5.74) is 0. The summed E-state index contributed by atoms with van der Waals surface area (Å²) in [7, 11) is -4.89. The summed E-state index contributed by atoms with van der Waals surface area (Å²) in [6, 6.07) is -7.41. The van der Waals surface area contributed by atoms with Gasteiger partial charge in [0.25, 0.3) is 11.6 Å². The van der Waals surface area contributed by atoms with E-state index in [1.165, 1.54) is 0 Å². The summed E-state index contributed by atoms with van der Waals surface area (Å²) in [4.78, 5) is 77.5. The molecule has 48 nitrogen and oxygen atoms in total. The molecule has 0 aromatic rings. The van der Waals surface area contributed by atoms with Crippen molar-refractivity contribution in [2.24, 2.45) is 0 Å². The van der Waals surface area contributed by atoms with Crippen LogP contribution in [0, 0.1) is 0 Å². The second-order valence-corrected chi connectivity index (χ2v) is 27.2. The van der Waals surface area contributed by atoms with Crippen molar-refractivity contribution in [3.05, 3.63) is 0 Å². The Balaban J connectivity index is 0.0000179. The van der Waals surface area contributed by atoms with Crippen molar-refractivity contribution in [1.82, 2.24) is 21.3 Å². The van der Waals surface area contributed by atoms with Crippen LogP contribution in [0.1, 0.15) is 47.5 Å². The van der Waals surface area contributed by atoms with E-state index in [0.29, 0.717) is 0 Å². The van der Waals surface area contributed by atoms with Crippen molar-refractivity contribution in [3.63, 3.8) is 0 Å². The molecule has 7 aliphatic heterocycles. The first-order valence-electron chi connectivity index (χ1n) is 32.7. The first-order valence-corrected chi connectivity index (χ1v) is 34.1. The van der Waals surface area contributed by atoms with Gasteiger partial charge in [0.1, 0.15) is 152 Å². The molecular weight excluding hydrogens is 1500 g/mol. The number of rotatable bonds is 31. The molecule has 0 radical (unpaired) electrons. The predicted molar refractivity (Wildman–Crippen MR) is 325 cm³/mol. The van der Waals surface area contributed by atoms with Gasteiger partial charge in [-0.25, -0.2) is 18.0 Å². The number of aliphatic carboxylic acids is 2. The third-order valence-electron chi connectivity index (χ3n) is 18.4. The van der Waals surface area contributed by atoms with Crippen LogP contribution < -0.4 is 50.8 Å². The fourth-order valence-corrected chi connectivity index (χ4v) is 13.5. The Kier molecular flexibility index (Phi) is 33.6. The van der Waals surface area contributed by atoms with E-state index in [2.05, 4.69) is 25.5 Å². The number of amides is 4. The van der Waals surface area contributed by atoms with Gasteiger partial charge in [0.05, 0.1) is 70.0 Å². The van der Waals surface area contributed by atoms with Crippen molar-refractivity contribution in [3.8, 4) is 0 Å². The summed E-state index contributed by atoms with van der Waals surface area (Å²) < 4.78 is 124. The predicted octanol–water partition coefficient (Wildman–Crippen LogP) is -19.1. The third kappa shape index (κ3) is 21.4. The second kappa shape index (κ2) is 39.0. The Labute approximate surface area is 628 Å². The fraction of sp³-hybridized carbons (Fsp3) is 0.895. The van der Waals surface area contributed by atoms with Crippen molar-refractivity contribution in [2.75, 3.05) is 46.8 Å². The molecular formula is C57H93N4NaO44S. The van der Waals surface area contributed by atoms with E-state index in [4.69, 9.17) is 66.3 Å². The molecule has 0 bridgehead atoms. The molecule has 24 N–H and O–H groups in total. The van der Waals surface area contributed by atoms with Gasteiger partial charge in [-0.15, -0.1) is 0 Å². The van der Waals surface area contributed by atoms with Gasteiger partial charge in [-0.05, 0) is 6.92 Å². The zero-order chi connectivity index (χ0) is 79.3. The van der Waals surface area contributed by atoms with Gasteiger partial charge in [0, 0.05) is 47.6 Å². The van der Waals surface area contributed by atoms with Crippen LogP contribution in [0.3, 0.4) is 0 Å². The topological polar surface area (TPSA) is 751 Å². The zero-order valence-corrected chi connectivity index (χ0v) is 60.8. The molecule has 612 valence electrons. The molecule has 0 aliphatic carbocycles. The van der Waals surface area contributed by atoms with E-state index in [1.54, 1.807) is 0 Å². The number of aliphatic hydroxyl groups excluding tert-OH is 18. The van der Waals surface area contributed by atoms with Crippen molar-refractivity contribution >= 4 is 46.0 Å². The zero-order valence-electron chi connectivity index (χ0n) is 58.0. The molecule has 4 amide bonds. The minimum atomic E-state index is -5.88. The number of carboxylic acids is 2. The van der Waals surface area contributed by atoms with Crippen molar-refractivity contribution < 1.29 is 244 Å². The number of methoxy groups -OCH3 is 1. The minimum absolute atomic E-state index is 0. The average Bonchev–Trinajstić information content (AvgIpc) is 0.758. The Morgan fingerprint density at radius 2 is 0.850 bits per heavy atom. The van der Waals surface area contributed by atoms with Gasteiger partial charge in [-0.2, -0.15) is 0 Å².